The minimum Gasteiger partial charge on any atom is -0.490 e. The second kappa shape index (κ2) is 9.30. The van der Waals surface area contributed by atoms with Gasteiger partial charge in [0.1, 0.15) is 5.01 Å². The van der Waals surface area contributed by atoms with Crippen LogP contribution in [0.15, 0.2) is 53.9 Å². The average molecular weight is 423 g/mol. The van der Waals surface area contributed by atoms with Crippen molar-refractivity contribution in [1.82, 2.24) is 10.3 Å². The molecule has 2 aromatic carbocycles. The van der Waals surface area contributed by atoms with Crippen molar-refractivity contribution in [2.45, 2.75) is 32.7 Å². The van der Waals surface area contributed by atoms with Crippen LogP contribution in [0.3, 0.4) is 0 Å². The van der Waals surface area contributed by atoms with Gasteiger partial charge in [-0.15, -0.1) is 11.3 Å². The lowest BCUT2D eigenvalue weighted by Crippen LogP contribution is -2.33. The van der Waals surface area contributed by atoms with Crippen LogP contribution in [0.25, 0.3) is 10.6 Å². The summed E-state index contributed by atoms with van der Waals surface area (Å²) in [6.07, 6.45) is 1.13. The van der Waals surface area contributed by atoms with Crippen LogP contribution in [0.5, 0.6) is 11.5 Å². The first-order valence-electron chi connectivity index (χ1n) is 10.3. The molecule has 156 valence electrons. The highest BCUT2D eigenvalue weighted by Gasteiger charge is 2.21. The maximum absolute atomic E-state index is 12.8. The number of rotatable bonds is 6. The van der Waals surface area contributed by atoms with Crippen molar-refractivity contribution < 1.29 is 14.3 Å². The quantitative estimate of drug-likeness (QED) is 0.605. The van der Waals surface area contributed by atoms with E-state index in [0.717, 1.165) is 39.7 Å². The highest BCUT2D eigenvalue weighted by Crippen LogP contribution is 2.34. The molecule has 1 aliphatic heterocycles. The highest BCUT2D eigenvalue weighted by molar-refractivity contribution is 7.13. The zero-order chi connectivity index (χ0) is 20.9. The summed E-state index contributed by atoms with van der Waals surface area (Å²) in [5.74, 6) is 1.71. The van der Waals surface area contributed by atoms with Gasteiger partial charge in [-0.25, -0.2) is 4.98 Å². The van der Waals surface area contributed by atoms with E-state index in [4.69, 9.17) is 9.47 Å². The van der Waals surface area contributed by atoms with Crippen LogP contribution < -0.4 is 14.8 Å². The van der Waals surface area contributed by atoms with Gasteiger partial charge in [-0.1, -0.05) is 50.2 Å². The molecule has 2 heterocycles. The number of amides is 1. The zero-order valence-corrected chi connectivity index (χ0v) is 18.1. The number of carbonyl (C=O) groups is 1. The van der Waals surface area contributed by atoms with Crippen molar-refractivity contribution in [3.63, 3.8) is 0 Å². The number of benzene rings is 2. The number of hydrogen-bond acceptors (Lipinski definition) is 5. The van der Waals surface area contributed by atoms with Crippen molar-refractivity contribution in [3.8, 4) is 22.1 Å². The molecule has 0 radical (unpaired) electrons. The number of thiazole rings is 1. The van der Waals surface area contributed by atoms with Gasteiger partial charge in [0.15, 0.2) is 11.5 Å². The fraction of sp³-hybridized carbons (Fsp3) is 0.333. The minimum atomic E-state index is -0.109. The molecule has 0 fully saturated rings. The number of hydrogen-bond donors (Lipinski definition) is 1. The van der Waals surface area contributed by atoms with Gasteiger partial charge in [-0.05, 0) is 23.6 Å². The Labute approximate surface area is 181 Å². The minimum absolute atomic E-state index is 0.0364. The van der Waals surface area contributed by atoms with E-state index in [1.54, 1.807) is 11.3 Å². The summed E-state index contributed by atoms with van der Waals surface area (Å²) in [6.45, 7) is 5.51. The molecule has 4 rings (SSSR count). The van der Waals surface area contributed by atoms with Crippen LogP contribution in [0.1, 0.15) is 37.6 Å². The maximum atomic E-state index is 12.8. The first kappa shape index (κ1) is 20.4. The lowest BCUT2D eigenvalue weighted by atomic mass is 9.95. The van der Waals surface area contributed by atoms with E-state index >= 15 is 0 Å². The highest BCUT2D eigenvalue weighted by atomic mass is 32.1. The number of aromatic nitrogens is 1. The smallest absolute Gasteiger partial charge is 0.226 e. The number of carbonyl (C=O) groups excluding carboxylic acids is 1. The Morgan fingerprint density at radius 1 is 1.10 bits per heavy atom. The van der Waals surface area contributed by atoms with Gasteiger partial charge in [-0.3, -0.25) is 4.79 Å². The molecule has 0 unspecified atom stereocenters. The molecule has 0 bridgehead atoms. The second-order valence-electron chi connectivity index (χ2n) is 7.73. The van der Waals surface area contributed by atoms with Gasteiger partial charge < -0.3 is 14.8 Å². The predicted octanol–water partition coefficient (Wildman–Crippen LogP) is 5.03. The van der Waals surface area contributed by atoms with Gasteiger partial charge in [0.25, 0.3) is 0 Å². The summed E-state index contributed by atoms with van der Waals surface area (Å²) < 4.78 is 11.5. The molecule has 0 spiro atoms. The number of nitrogens with zero attached hydrogens (tertiary/aromatic N) is 1. The first-order chi connectivity index (χ1) is 14.6. The largest absolute Gasteiger partial charge is 0.490 e. The molecule has 0 aliphatic carbocycles. The van der Waals surface area contributed by atoms with Crippen molar-refractivity contribution in [2.24, 2.45) is 5.92 Å². The lowest BCUT2D eigenvalue weighted by Gasteiger charge is -2.23. The van der Waals surface area contributed by atoms with Crippen LogP contribution in [-0.2, 0) is 11.2 Å². The number of ether oxygens (including phenoxy) is 2. The molecule has 1 aromatic heterocycles. The molecule has 1 aliphatic rings. The molecule has 1 atom stereocenters. The van der Waals surface area contributed by atoms with E-state index in [1.165, 1.54) is 0 Å². The molecule has 3 aromatic rings. The third kappa shape index (κ3) is 4.82. The molecule has 30 heavy (non-hydrogen) atoms. The average Bonchev–Trinajstić information content (AvgIpc) is 3.08. The Hall–Kier alpha value is -2.86. The van der Waals surface area contributed by atoms with E-state index in [2.05, 4.69) is 24.1 Å². The molecular weight excluding hydrogens is 396 g/mol. The summed E-state index contributed by atoms with van der Waals surface area (Å²) >= 11 is 1.56. The van der Waals surface area contributed by atoms with Gasteiger partial charge in [0.2, 0.25) is 5.91 Å². The monoisotopic (exact) mass is 422 g/mol. The molecule has 5 nitrogen and oxygen atoms in total. The molecule has 1 amide bonds. The Kier molecular flexibility index (Phi) is 6.33. The topological polar surface area (TPSA) is 60.5 Å². The summed E-state index contributed by atoms with van der Waals surface area (Å²) in [7, 11) is 0. The normalized spacial score (nSPS) is 14.2. The van der Waals surface area contributed by atoms with E-state index in [0.29, 0.717) is 13.2 Å². The van der Waals surface area contributed by atoms with Crippen molar-refractivity contribution in [3.05, 3.63) is 65.2 Å². The van der Waals surface area contributed by atoms with Crippen LogP contribution >= 0.6 is 11.3 Å². The van der Waals surface area contributed by atoms with Crippen molar-refractivity contribution in [1.29, 1.82) is 0 Å². The first-order valence-corrected chi connectivity index (χ1v) is 11.2. The summed E-state index contributed by atoms with van der Waals surface area (Å²) in [5.41, 5.74) is 2.88. The molecule has 0 saturated heterocycles. The molecule has 1 N–H and O–H groups in total. The Morgan fingerprint density at radius 2 is 1.87 bits per heavy atom. The summed E-state index contributed by atoms with van der Waals surface area (Å²) in [5, 5.41) is 6.07. The van der Waals surface area contributed by atoms with Gasteiger partial charge in [0.05, 0.1) is 31.4 Å². The Balaban J connectivity index is 1.45. The maximum Gasteiger partial charge on any atom is 0.226 e. The molecule has 6 heteroatoms. The fourth-order valence-electron chi connectivity index (χ4n) is 3.50. The Morgan fingerprint density at radius 3 is 2.63 bits per heavy atom. The number of nitrogens with one attached hydrogen (secondary N) is 1. The Bertz CT molecular complexity index is 1000. The zero-order valence-electron chi connectivity index (χ0n) is 17.3. The standard InChI is InChI=1S/C24H26N2O3S/c1-16(2)23(18-9-10-20-21(13-18)29-12-6-11-28-20)26-22(27)14-19-15-30-24(25-19)17-7-4-3-5-8-17/h3-5,7-10,13,15-16,23H,6,11-12,14H2,1-2H3,(H,26,27)/t23-/m0/s1. The van der Waals surface area contributed by atoms with E-state index in [-0.39, 0.29) is 24.3 Å². The third-order valence-electron chi connectivity index (χ3n) is 5.03. The number of fused-ring (bicyclic) bond motifs is 1. The predicted molar refractivity (Wildman–Crippen MR) is 119 cm³/mol. The molecule has 0 saturated carbocycles. The molecular formula is C24H26N2O3S. The van der Waals surface area contributed by atoms with E-state index < -0.39 is 0 Å². The second-order valence-corrected chi connectivity index (χ2v) is 8.59. The van der Waals surface area contributed by atoms with Gasteiger partial charge >= 0.3 is 0 Å². The fourth-order valence-corrected chi connectivity index (χ4v) is 4.32. The van der Waals surface area contributed by atoms with Crippen LogP contribution in [0.2, 0.25) is 0 Å². The van der Waals surface area contributed by atoms with Crippen molar-refractivity contribution >= 4 is 17.2 Å². The van der Waals surface area contributed by atoms with Crippen LogP contribution in [0.4, 0.5) is 0 Å². The lowest BCUT2D eigenvalue weighted by molar-refractivity contribution is -0.121. The van der Waals surface area contributed by atoms with Crippen LogP contribution in [-0.4, -0.2) is 24.1 Å². The third-order valence-corrected chi connectivity index (χ3v) is 5.97. The van der Waals surface area contributed by atoms with E-state index in [1.807, 2.05) is 53.9 Å². The van der Waals surface area contributed by atoms with E-state index in [9.17, 15) is 4.79 Å². The van der Waals surface area contributed by atoms with Gasteiger partial charge in [-0.2, -0.15) is 0 Å². The summed E-state index contributed by atoms with van der Waals surface area (Å²) in [6, 6.07) is 15.8. The van der Waals surface area contributed by atoms with Crippen molar-refractivity contribution in [2.75, 3.05) is 13.2 Å². The summed E-state index contributed by atoms with van der Waals surface area (Å²) in [4.78, 5) is 17.4. The van der Waals surface area contributed by atoms with Gasteiger partial charge in [0, 0.05) is 17.4 Å². The SMILES string of the molecule is CC(C)[C@H](NC(=O)Cc1csc(-c2ccccc2)n1)c1ccc2c(c1)OCCCO2. The van der Waals surface area contributed by atoms with Crippen LogP contribution in [0, 0.1) is 5.92 Å².